The summed E-state index contributed by atoms with van der Waals surface area (Å²) in [5, 5.41) is 4.22. The molecule has 2 aliphatic heterocycles. The Labute approximate surface area is 155 Å². The highest BCUT2D eigenvalue weighted by molar-refractivity contribution is 5.55. The Hall–Kier alpha value is -1.99. The Kier molecular flexibility index (Phi) is 4.91. The summed E-state index contributed by atoms with van der Waals surface area (Å²) in [4.78, 5) is 16.1. The highest BCUT2D eigenvalue weighted by Gasteiger charge is 2.36. The number of aromatic nitrogens is 3. The van der Waals surface area contributed by atoms with Crippen LogP contribution in [0.4, 0.5) is 5.82 Å². The lowest BCUT2D eigenvalue weighted by molar-refractivity contribution is 0.0958. The second kappa shape index (κ2) is 7.32. The molecule has 0 radical (unpaired) electrons. The molecular weight excluding hydrogens is 328 g/mol. The molecule has 0 aromatic carbocycles. The van der Waals surface area contributed by atoms with Crippen LogP contribution in [0.5, 0.6) is 0 Å². The van der Waals surface area contributed by atoms with Crippen molar-refractivity contribution < 1.29 is 4.52 Å². The van der Waals surface area contributed by atoms with Crippen LogP contribution in [0.3, 0.4) is 0 Å². The first-order chi connectivity index (χ1) is 12.6. The monoisotopic (exact) mass is 356 g/mol. The zero-order valence-corrected chi connectivity index (χ0v) is 15.9. The Bertz CT molecular complexity index is 720. The van der Waals surface area contributed by atoms with E-state index in [1.165, 1.54) is 32.4 Å². The second-order valence-corrected chi connectivity index (χ2v) is 7.69. The van der Waals surface area contributed by atoms with Crippen molar-refractivity contribution >= 4 is 5.82 Å². The van der Waals surface area contributed by atoms with Crippen LogP contribution in [0.1, 0.15) is 37.6 Å². The van der Waals surface area contributed by atoms with Crippen molar-refractivity contribution in [2.24, 2.45) is 0 Å². The minimum atomic E-state index is 0.263. The Morgan fingerprint density at radius 3 is 2.62 bits per heavy atom. The quantitative estimate of drug-likeness (QED) is 0.834. The Morgan fingerprint density at radius 1 is 1.12 bits per heavy atom. The van der Waals surface area contributed by atoms with E-state index < -0.39 is 0 Å². The minimum Gasteiger partial charge on any atom is -0.363 e. The highest BCUT2D eigenvalue weighted by Crippen LogP contribution is 2.36. The van der Waals surface area contributed by atoms with Crippen LogP contribution >= 0.6 is 0 Å². The zero-order chi connectivity index (χ0) is 18.1. The molecule has 4 rings (SSSR count). The zero-order valence-electron chi connectivity index (χ0n) is 15.9. The van der Waals surface area contributed by atoms with Crippen molar-refractivity contribution in [1.82, 2.24) is 24.9 Å². The molecule has 4 heterocycles. The van der Waals surface area contributed by atoms with E-state index in [4.69, 9.17) is 9.51 Å². The lowest BCUT2D eigenvalue weighted by Gasteiger charge is -2.37. The van der Waals surface area contributed by atoms with E-state index in [1.54, 1.807) is 0 Å². The van der Waals surface area contributed by atoms with Crippen molar-refractivity contribution in [3.63, 3.8) is 0 Å². The summed E-state index contributed by atoms with van der Waals surface area (Å²) in [7, 11) is 6.16. The topological polar surface area (TPSA) is 61.5 Å². The van der Waals surface area contributed by atoms with Crippen molar-refractivity contribution in [3.05, 3.63) is 24.2 Å². The Balaban J connectivity index is 1.49. The average molecular weight is 356 g/mol. The van der Waals surface area contributed by atoms with Gasteiger partial charge in [0.2, 0.25) is 11.7 Å². The van der Waals surface area contributed by atoms with Gasteiger partial charge < -0.3 is 14.3 Å². The molecule has 2 aromatic rings. The van der Waals surface area contributed by atoms with Gasteiger partial charge in [-0.3, -0.25) is 4.90 Å². The molecule has 1 atom stereocenters. The normalized spacial score (nSPS) is 22.8. The van der Waals surface area contributed by atoms with E-state index in [0.717, 1.165) is 30.2 Å². The summed E-state index contributed by atoms with van der Waals surface area (Å²) in [6, 6.07) is 4.88. The molecule has 140 valence electrons. The molecule has 2 aromatic heterocycles. The molecule has 0 saturated carbocycles. The molecule has 0 bridgehead atoms. The maximum absolute atomic E-state index is 5.67. The first-order valence-corrected chi connectivity index (χ1v) is 9.53. The van der Waals surface area contributed by atoms with E-state index >= 15 is 0 Å². The van der Waals surface area contributed by atoms with Crippen LogP contribution in [-0.4, -0.2) is 71.7 Å². The molecule has 0 spiro atoms. The fourth-order valence-corrected chi connectivity index (χ4v) is 4.09. The van der Waals surface area contributed by atoms with Crippen LogP contribution in [0.2, 0.25) is 0 Å². The predicted molar refractivity (Wildman–Crippen MR) is 101 cm³/mol. The minimum absolute atomic E-state index is 0.263. The van der Waals surface area contributed by atoms with E-state index in [1.807, 2.05) is 37.3 Å². The highest BCUT2D eigenvalue weighted by atomic mass is 16.5. The van der Waals surface area contributed by atoms with E-state index in [0.29, 0.717) is 11.9 Å². The van der Waals surface area contributed by atoms with E-state index in [9.17, 15) is 0 Å². The maximum Gasteiger partial charge on any atom is 0.244 e. The number of hydrogen-bond acceptors (Lipinski definition) is 7. The SMILES string of the molecule is CN1CCC(N2CCC[C@H]2c2nc(-c3ccc(N(C)C)nc3)no2)CC1. The summed E-state index contributed by atoms with van der Waals surface area (Å²) in [6.45, 7) is 3.48. The number of likely N-dealkylation sites (tertiary alicyclic amines) is 2. The van der Waals surface area contributed by atoms with Crippen molar-refractivity contribution in [2.45, 2.75) is 37.8 Å². The fraction of sp³-hybridized carbons (Fsp3) is 0.632. The van der Waals surface area contributed by atoms with Gasteiger partial charge in [0, 0.05) is 31.9 Å². The van der Waals surface area contributed by atoms with Gasteiger partial charge in [0.1, 0.15) is 5.82 Å². The number of hydrogen-bond donors (Lipinski definition) is 0. The van der Waals surface area contributed by atoms with E-state index in [2.05, 4.69) is 27.0 Å². The molecule has 0 unspecified atom stereocenters. The van der Waals surface area contributed by atoms with Crippen LogP contribution in [0.15, 0.2) is 22.9 Å². The van der Waals surface area contributed by atoms with Crippen LogP contribution in [0.25, 0.3) is 11.4 Å². The van der Waals surface area contributed by atoms with Gasteiger partial charge in [-0.2, -0.15) is 4.98 Å². The van der Waals surface area contributed by atoms with Crippen molar-refractivity contribution in [3.8, 4) is 11.4 Å². The van der Waals surface area contributed by atoms with Crippen molar-refractivity contribution in [1.29, 1.82) is 0 Å². The summed E-state index contributed by atoms with van der Waals surface area (Å²) < 4.78 is 5.67. The molecule has 7 nitrogen and oxygen atoms in total. The Morgan fingerprint density at radius 2 is 1.92 bits per heavy atom. The maximum atomic E-state index is 5.67. The van der Waals surface area contributed by atoms with Crippen LogP contribution < -0.4 is 4.90 Å². The van der Waals surface area contributed by atoms with Gasteiger partial charge in [-0.25, -0.2) is 4.98 Å². The van der Waals surface area contributed by atoms with E-state index in [-0.39, 0.29) is 6.04 Å². The number of pyridine rings is 1. The molecule has 26 heavy (non-hydrogen) atoms. The summed E-state index contributed by atoms with van der Waals surface area (Å²) in [6.07, 6.45) is 6.57. The predicted octanol–water partition coefficient (Wildman–Crippen LogP) is 2.43. The molecule has 7 heteroatoms. The molecule has 0 N–H and O–H groups in total. The number of rotatable bonds is 4. The van der Waals surface area contributed by atoms with Gasteiger partial charge in [0.15, 0.2) is 0 Å². The van der Waals surface area contributed by atoms with Gasteiger partial charge in [-0.05, 0) is 64.5 Å². The summed E-state index contributed by atoms with van der Waals surface area (Å²) in [5.74, 6) is 2.31. The van der Waals surface area contributed by atoms with Crippen LogP contribution in [0, 0.1) is 0 Å². The van der Waals surface area contributed by atoms with Gasteiger partial charge >= 0.3 is 0 Å². The first-order valence-electron chi connectivity index (χ1n) is 9.53. The van der Waals surface area contributed by atoms with Gasteiger partial charge in [-0.15, -0.1) is 0 Å². The van der Waals surface area contributed by atoms with Gasteiger partial charge in [0.05, 0.1) is 6.04 Å². The summed E-state index contributed by atoms with van der Waals surface area (Å²) >= 11 is 0. The second-order valence-electron chi connectivity index (χ2n) is 7.69. The van der Waals surface area contributed by atoms with Gasteiger partial charge in [-0.1, -0.05) is 5.16 Å². The molecule has 0 amide bonds. The average Bonchev–Trinajstić information content (AvgIpc) is 3.32. The fourth-order valence-electron chi connectivity index (χ4n) is 4.09. The lowest BCUT2D eigenvalue weighted by atomic mass is 10.0. The molecule has 2 fully saturated rings. The third-order valence-corrected chi connectivity index (χ3v) is 5.64. The lowest BCUT2D eigenvalue weighted by Crippen LogP contribution is -2.43. The molecule has 2 saturated heterocycles. The standard InChI is InChI=1S/C19H28N6O/c1-23(2)17-7-6-14(13-20-17)18-21-19(26-22-18)16-5-4-10-25(16)15-8-11-24(3)12-9-15/h6-7,13,15-16H,4-5,8-12H2,1-3H3/t16-/m0/s1. The molecule has 0 aliphatic carbocycles. The number of piperidine rings is 1. The third kappa shape index (κ3) is 3.46. The number of nitrogens with zero attached hydrogens (tertiary/aromatic N) is 6. The molecular formula is C19H28N6O. The third-order valence-electron chi connectivity index (χ3n) is 5.64. The molecule has 2 aliphatic rings. The summed E-state index contributed by atoms with van der Waals surface area (Å²) in [5.41, 5.74) is 0.898. The van der Waals surface area contributed by atoms with Crippen LogP contribution in [-0.2, 0) is 0 Å². The number of anilines is 1. The largest absolute Gasteiger partial charge is 0.363 e. The van der Waals surface area contributed by atoms with Gasteiger partial charge in [0.25, 0.3) is 0 Å². The first kappa shape index (κ1) is 17.4. The smallest absolute Gasteiger partial charge is 0.244 e. The van der Waals surface area contributed by atoms with Crippen molar-refractivity contribution in [2.75, 3.05) is 45.7 Å².